The number of carboxylic acids is 1. The van der Waals surface area contributed by atoms with Crippen LogP contribution in [0.25, 0.3) is 0 Å². The number of carboxylic acid groups (broad SMARTS) is 1. The highest BCUT2D eigenvalue weighted by atomic mass is 16.7. The van der Waals surface area contributed by atoms with Gasteiger partial charge in [-0.15, -0.1) is 0 Å². The minimum absolute atomic E-state index is 0.00861. The Hall–Kier alpha value is -1.33. The van der Waals surface area contributed by atoms with Crippen LogP contribution < -0.4 is 0 Å². The van der Waals surface area contributed by atoms with Crippen molar-refractivity contribution in [3.05, 3.63) is 24.5 Å². The van der Waals surface area contributed by atoms with E-state index in [2.05, 4.69) is 0 Å². The fourth-order valence-corrected chi connectivity index (χ4v) is 0.637. The summed E-state index contributed by atoms with van der Waals surface area (Å²) in [6.45, 7) is 1.18. The van der Waals surface area contributed by atoms with E-state index < -0.39 is 5.97 Å². The molecule has 5 nitrogen and oxygen atoms in total. The highest BCUT2D eigenvalue weighted by molar-refractivity contribution is 5.68. The summed E-state index contributed by atoms with van der Waals surface area (Å²) in [5.41, 5.74) is 0. The molecule has 0 aliphatic carbocycles. The van der Waals surface area contributed by atoms with Crippen LogP contribution in [-0.4, -0.2) is 38.2 Å². The maximum absolute atomic E-state index is 10.1. The van der Waals surface area contributed by atoms with Crippen molar-refractivity contribution >= 4 is 5.97 Å². The van der Waals surface area contributed by atoms with Crippen LogP contribution >= 0.6 is 0 Å². The Bertz CT molecular complexity index is 210. The second kappa shape index (κ2) is 10.7. The Kier molecular flexibility index (Phi) is 9.80. The van der Waals surface area contributed by atoms with Crippen molar-refractivity contribution in [1.82, 2.24) is 0 Å². The molecule has 0 aliphatic heterocycles. The molecule has 15 heavy (non-hydrogen) atoms. The lowest BCUT2D eigenvalue weighted by Crippen LogP contribution is -2.03. The standard InChI is InChI=1S/C10H16O5/c1-13-7-8-15-9-14-6-4-2-3-5-10(11)12/h2-4,6H,5,7-9H2,1H3,(H,11,12)/b3-2+,6-4-. The molecule has 0 bridgehead atoms. The van der Waals surface area contributed by atoms with Crippen molar-refractivity contribution < 1.29 is 24.1 Å². The van der Waals surface area contributed by atoms with E-state index in [1.54, 1.807) is 19.3 Å². The van der Waals surface area contributed by atoms with Gasteiger partial charge in [0.05, 0.1) is 25.9 Å². The molecule has 0 aliphatic rings. The second-order valence-corrected chi connectivity index (χ2v) is 2.54. The third kappa shape index (κ3) is 12.7. The van der Waals surface area contributed by atoms with Gasteiger partial charge in [-0.05, 0) is 6.08 Å². The summed E-state index contributed by atoms with van der Waals surface area (Å²) < 4.78 is 14.7. The van der Waals surface area contributed by atoms with Crippen LogP contribution in [0.3, 0.4) is 0 Å². The van der Waals surface area contributed by atoms with Crippen molar-refractivity contribution in [1.29, 1.82) is 0 Å². The highest BCUT2D eigenvalue weighted by Gasteiger charge is 1.87. The zero-order valence-corrected chi connectivity index (χ0v) is 8.72. The lowest BCUT2D eigenvalue weighted by Gasteiger charge is -2.01. The first-order chi connectivity index (χ1) is 7.27. The molecule has 86 valence electrons. The van der Waals surface area contributed by atoms with Crippen LogP contribution in [-0.2, 0) is 19.0 Å². The summed E-state index contributed by atoms with van der Waals surface area (Å²) in [7, 11) is 1.59. The zero-order valence-electron chi connectivity index (χ0n) is 8.72. The van der Waals surface area contributed by atoms with Crippen LogP contribution in [0.5, 0.6) is 0 Å². The average Bonchev–Trinajstić information content (AvgIpc) is 2.20. The van der Waals surface area contributed by atoms with E-state index in [1.165, 1.54) is 12.3 Å². The molecular weight excluding hydrogens is 200 g/mol. The van der Waals surface area contributed by atoms with E-state index in [1.807, 2.05) is 0 Å². The number of rotatable bonds is 9. The van der Waals surface area contributed by atoms with Gasteiger partial charge in [-0.25, -0.2) is 0 Å². The molecule has 0 amide bonds. The maximum atomic E-state index is 10.1. The molecule has 1 N–H and O–H groups in total. The SMILES string of the molecule is COCCOCO/C=C\C=C\CC(=O)O. The van der Waals surface area contributed by atoms with Gasteiger partial charge in [0, 0.05) is 7.11 Å². The Morgan fingerprint density at radius 1 is 1.33 bits per heavy atom. The molecule has 0 atom stereocenters. The van der Waals surface area contributed by atoms with Gasteiger partial charge in [0.2, 0.25) is 0 Å². The number of ether oxygens (including phenoxy) is 3. The first-order valence-corrected chi connectivity index (χ1v) is 4.49. The first kappa shape index (κ1) is 13.7. The highest BCUT2D eigenvalue weighted by Crippen LogP contribution is 1.86. The van der Waals surface area contributed by atoms with Crippen LogP contribution in [0.4, 0.5) is 0 Å². The summed E-state index contributed by atoms with van der Waals surface area (Å²) in [5.74, 6) is -0.858. The van der Waals surface area contributed by atoms with Gasteiger partial charge in [0.1, 0.15) is 0 Å². The van der Waals surface area contributed by atoms with Crippen molar-refractivity contribution in [2.75, 3.05) is 27.1 Å². The third-order valence-electron chi connectivity index (χ3n) is 1.30. The van der Waals surface area contributed by atoms with Crippen molar-refractivity contribution in [3.63, 3.8) is 0 Å². The maximum Gasteiger partial charge on any atom is 0.307 e. The molecule has 0 aromatic rings. The minimum atomic E-state index is -0.858. The summed E-state index contributed by atoms with van der Waals surface area (Å²) >= 11 is 0. The molecular formula is C10H16O5. The van der Waals surface area contributed by atoms with Crippen LogP contribution in [0.15, 0.2) is 24.5 Å². The van der Waals surface area contributed by atoms with Crippen LogP contribution in [0.1, 0.15) is 6.42 Å². The summed E-state index contributed by atoms with van der Waals surface area (Å²) in [5, 5.41) is 8.30. The fourth-order valence-electron chi connectivity index (χ4n) is 0.637. The topological polar surface area (TPSA) is 65.0 Å². The molecule has 5 heteroatoms. The quantitative estimate of drug-likeness (QED) is 0.271. The second-order valence-electron chi connectivity index (χ2n) is 2.54. The van der Waals surface area contributed by atoms with Gasteiger partial charge in [-0.3, -0.25) is 4.79 Å². The van der Waals surface area contributed by atoms with E-state index in [0.29, 0.717) is 13.2 Å². The van der Waals surface area contributed by atoms with Crippen LogP contribution in [0.2, 0.25) is 0 Å². The van der Waals surface area contributed by atoms with Gasteiger partial charge in [-0.2, -0.15) is 0 Å². The van der Waals surface area contributed by atoms with Gasteiger partial charge < -0.3 is 19.3 Å². The smallest absolute Gasteiger partial charge is 0.307 e. The summed E-state index contributed by atoms with van der Waals surface area (Å²) in [6.07, 6.45) is 6.17. The first-order valence-electron chi connectivity index (χ1n) is 4.49. The van der Waals surface area contributed by atoms with Crippen molar-refractivity contribution in [2.24, 2.45) is 0 Å². The molecule has 0 spiro atoms. The minimum Gasteiger partial charge on any atom is -0.481 e. The van der Waals surface area contributed by atoms with Crippen molar-refractivity contribution in [2.45, 2.75) is 6.42 Å². The number of hydrogen-bond donors (Lipinski definition) is 1. The third-order valence-corrected chi connectivity index (χ3v) is 1.30. The van der Waals surface area contributed by atoms with Gasteiger partial charge in [0.15, 0.2) is 6.79 Å². The zero-order chi connectivity index (χ0) is 11.4. The average molecular weight is 216 g/mol. The molecule has 0 rings (SSSR count). The van der Waals surface area contributed by atoms with E-state index in [-0.39, 0.29) is 13.2 Å². The fraction of sp³-hybridized carbons (Fsp3) is 0.500. The molecule has 0 aromatic carbocycles. The molecule has 0 fully saturated rings. The molecule has 0 heterocycles. The number of aliphatic carboxylic acids is 1. The molecule has 0 saturated carbocycles. The number of allylic oxidation sites excluding steroid dienone is 2. The Morgan fingerprint density at radius 2 is 2.13 bits per heavy atom. The predicted molar refractivity (Wildman–Crippen MR) is 54.3 cm³/mol. The molecule has 0 aromatic heterocycles. The monoisotopic (exact) mass is 216 g/mol. The Labute approximate surface area is 88.9 Å². The van der Waals surface area contributed by atoms with E-state index in [4.69, 9.17) is 19.3 Å². The lowest BCUT2D eigenvalue weighted by atomic mass is 10.4. The summed E-state index contributed by atoms with van der Waals surface area (Å²) in [6, 6.07) is 0. The normalized spacial score (nSPS) is 11.3. The lowest BCUT2D eigenvalue weighted by molar-refractivity contribution is -0.136. The van der Waals surface area contributed by atoms with Gasteiger partial charge in [-0.1, -0.05) is 12.2 Å². The van der Waals surface area contributed by atoms with Crippen molar-refractivity contribution in [3.8, 4) is 0 Å². The predicted octanol–water partition coefficient (Wildman–Crippen LogP) is 1.17. The molecule has 0 saturated heterocycles. The Morgan fingerprint density at radius 3 is 2.80 bits per heavy atom. The van der Waals surface area contributed by atoms with Crippen LogP contribution in [0, 0.1) is 0 Å². The molecule has 0 unspecified atom stereocenters. The Balaban J connectivity index is 3.23. The molecule has 0 radical (unpaired) electrons. The summed E-state index contributed by atoms with van der Waals surface area (Å²) in [4.78, 5) is 10.1. The number of carbonyl (C=O) groups is 1. The van der Waals surface area contributed by atoms with Gasteiger partial charge >= 0.3 is 5.97 Å². The van der Waals surface area contributed by atoms with E-state index >= 15 is 0 Å². The van der Waals surface area contributed by atoms with E-state index in [0.717, 1.165) is 0 Å². The van der Waals surface area contributed by atoms with E-state index in [9.17, 15) is 4.79 Å². The number of hydrogen-bond acceptors (Lipinski definition) is 4. The van der Waals surface area contributed by atoms with Gasteiger partial charge in [0.25, 0.3) is 0 Å². The number of methoxy groups -OCH3 is 1. The largest absolute Gasteiger partial charge is 0.481 e.